The molecule has 0 aliphatic carbocycles. The molecular weight excluding hydrogens is 388 g/mol. The Morgan fingerprint density at radius 2 is 1.71 bits per heavy atom. The molecule has 4 heterocycles. The van der Waals surface area contributed by atoms with Gasteiger partial charge < -0.3 is 15.2 Å². The number of nitrogens with zero attached hydrogens (tertiary/aromatic N) is 4. The Hall–Kier alpha value is -3.74. The minimum Gasteiger partial charge on any atom is -0.346 e. The summed E-state index contributed by atoms with van der Waals surface area (Å²) in [7, 11) is 0. The number of amides is 1. The van der Waals surface area contributed by atoms with E-state index in [4.69, 9.17) is 4.98 Å². The van der Waals surface area contributed by atoms with E-state index in [1.807, 2.05) is 36.4 Å². The molecule has 0 unspecified atom stereocenters. The highest BCUT2D eigenvalue weighted by Crippen LogP contribution is 2.38. The van der Waals surface area contributed by atoms with Crippen LogP contribution in [0.2, 0.25) is 0 Å². The van der Waals surface area contributed by atoms with Crippen molar-refractivity contribution in [3.63, 3.8) is 0 Å². The van der Waals surface area contributed by atoms with Crippen molar-refractivity contribution < 1.29 is 4.79 Å². The molecule has 0 bridgehead atoms. The fraction of sp³-hybridized carbons (Fsp3) is 0.250. The fourth-order valence-corrected chi connectivity index (χ4v) is 4.86. The zero-order valence-electron chi connectivity index (χ0n) is 17.0. The number of anilines is 1. The van der Waals surface area contributed by atoms with Crippen LogP contribution < -0.4 is 10.2 Å². The molecule has 0 radical (unpaired) electrons. The molecule has 7 heteroatoms. The second kappa shape index (κ2) is 6.91. The Kier molecular flexibility index (Phi) is 4.02. The van der Waals surface area contributed by atoms with Gasteiger partial charge >= 0.3 is 0 Å². The van der Waals surface area contributed by atoms with Crippen LogP contribution >= 0.6 is 0 Å². The molecule has 1 spiro atoms. The van der Waals surface area contributed by atoms with E-state index in [1.165, 1.54) is 5.56 Å². The van der Waals surface area contributed by atoms with Gasteiger partial charge in [-0.3, -0.25) is 4.79 Å². The number of piperidine rings is 1. The molecule has 0 saturated carbocycles. The summed E-state index contributed by atoms with van der Waals surface area (Å²) in [6.45, 7) is 1.60. The van der Waals surface area contributed by atoms with Crippen molar-refractivity contribution in [3.05, 3.63) is 71.9 Å². The largest absolute Gasteiger partial charge is 0.346 e. The van der Waals surface area contributed by atoms with Gasteiger partial charge in [-0.1, -0.05) is 54.6 Å². The van der Waals surface area contributed by atoms with Gasteiger partial charge in [0.05, 0.1) is 18.2 Å². The minimum atomic E-state index is -0.283. The minimum absolute atomic E-state index is 0.111. The molecule has 154 valence electrons. The number of rotatable bonds is 2. The van der Waals surface area contributed by atoms with E-state index < -0.39 is 0 Å². The first-order valence-electron chi connectivity index (χ1n) is 10.6. The molecule has 2 aromatic carbocycles. The first-order valence-corrected chi connectivity index (χ1v) is 10.6. The summed E-state index contributed by atoms with van der Waals surface area (Å²) in [5, 5.41) is 3.29. The van der Waals surface area contributed by atoms with Crippen LogP contribution in [0.25, 0.3) is 22.6 Å². The lowest BCUT2D eigenvalue weighted by Crippen LogP contribution is -2.56. The Morgan fingerprint density at radius 1 is 0.935 bits per heavy atom. The van der Waals surface area contributed by atoms with E-state index >= 15 is 0 Å². The van der Waals surface area contributed by atoms with Gasteiger partial charge in [0, 0.05) is 18.7 Å². The highest BCUT2D eigenvalue weighted by Gasteiger charge is 2.42. The second-order valence-corrected chi connectivity index (χ2v) is 8.31. The van der Waals surface area contributed by atoms with Gasteiger partial charge in [-0.05, 0) is 24.0 Å². The molecule has 6 rings (SSSR count). The van der Waals surface area contributed by atoms with Crippen LogP contribution in [0.3, 0.4) is 0 Å². The first kappa shape index (κ1) is 18.1. The van der Waals surface area contributed by atoms with Crippen LogP contribution in [0.4, 0.5) is 5.95 Å². The molecule has 7 nitrogen and oxygen atoms in total. The topological polar surface area (TPSA) is 86.8 Å². The van der Waals surface area contributed by atoms with Crippen LogP contribution in [-0.2, 0) is 16.8 Å². The van der Waals surface area contributed by atoms with E-state index in [1.54, 1.807) is 6.20 Å². The number of imidazole rings is 1. The number of carbonyl (C=O) groups excluding carboxylic acids is 1. The van der Waals surface area contributed by atoms with Gasteiger partial charge in [-0.25, -0.2) is 9.97 Å². The van der Waals surface area contributed by atoms with E-state index in [0.717, 1.165) is 48.5 Å². The van der Waals surface area contributed by atoms with Crippen molar-refractivity contribution in [1.29, 1.82) is 0 Å². The second-order valence-electron chi connectivity index (χ2n) is 8.31. The van der Waals surface area contributed by atoms with Gasteiger partial charge in [0.15, 0.2) is 11.5 Å². The number of fused-ring (bicyclic) bond motifs is 3. The smallest absolute Gasteiger partial charge is 0.225 e. The van der Waals surface area contributed by atoms with E-state index in [0.29, 0.717) is 17.9 Å². The Bertz CT molecular complexity index is 1270. The van der Waals surface area contributed by atoms with Crippen molar-refractivity contribution in [2.75, 3.05) is 18.0 Å². The quantitative estimate of drug-likeness (QED) is 0.530. The third-order valence-corrected chi connectivity index (χ3v) is 6.44. The van der Waals surface area contributed by atoms with Crippen molar-refractivity contribution in [2.24, 2.45) is 0 Å². The number of carbonyl (C=O) groups is 1. The summed E-state index contributed by atoms with van der Waals surface area (Å²) < 4.78 is 0. The number of nitrogens with one attached hydrogen (secondary N) is 2. The normalized spacial score (nSPS) is 17.5. The third-order valence-electron chi connectivity index (χ3n) is 6.44. The third kappa shape index (κ3) is 3.04. The number of H-pyrrole nitrogens is 1. The zero-order valence-corrected chi connectivity index (χ0v) is 17.0. The van der Waals surface area contributed by atoms with Crippen molar-refractivity contribution in [1.82, 2.24) is 25.3 Å². The fourth-order valence-electron chi connectivity index (χ4n) is 4.86. The van der Waals surface area contributed by atoms with Crippen molar-refractivity contribution in [3.8, 4) is 11.4 Å². The van der Waals surface area contributed by atoms with E-state index in [9.17, 15) is 4.79 Å². The van der Waals surface area contributed by atoms with Crippen molar-refractivity contribution in [2.45, 2.75) is 24.8 Å². The molecule has 1 fully saturated rings. The predicted molar refractivity (Wildman–Crippen MR) is 119 cm³/mol. The molecular formula is C24H22N6O. The highest BCUT2D eigenvalue weighted by atomic mass is 16.1. The van der Waals surface area contributed by atoms with Gasteiger partial charge in [0.2, 0.25) is 11.9 Å². The maximum Gasteiger partial charge on any atom is 0.225 e. The van der Waals surface area contributed by atoms with Crippen LogP contribution in [-0.4, -0.2) is 38.9 Å². The molecule has 2 aliphatic rings. The highest BCUT2D eigenvalue weighted by molar-refractivity contribution is 5.82. The predicted octanol–water partition coefficient (Wildman–Crippen LogP) is 3.19. The summed E-state index contributed by atoms with van der Waals surface area (Å²) >= 11 is 0. The van der Waals surface area contributed by atoms with Crippen LogP contribution in [0.1, 0.15) is 24.0 Å². The van der Waals surface area contributed by atoms with Crippen LogP contribution in [0.5, 0.6) is 0 Å². The Balaban J connectivity index is 1.26. The molecule has 0 atom stereocenters. The maximum absolute atomic E-state index is 12.4. The monoisotopic (exact) mass is 410 g/mol. The molecule has 31 heavy (non-hydrogen) atoms. The van der Waals surface area contributed by atoms with E-state index in [2.05, 4.69) is 43.4 Å². The number of benzene rings is 2. The lowest BCUT2D eigenvalue weighted by atomic mass is 9.76. The molecule has 2 aliphatic heterocycles. The molecule has 1 saturated heterocycles. The molecule has 1 amide bonds. The van der Waals surface area contributed by atoms with Crippen LogP contribution in [0.15, 0.2) is 60.8 Å². The number of aromatic nitrogens is 4. The zero-order chi connectivity index (χ0) is 20.8. The van der Waals surface area contributed by atoms with Crippen molar-refractivity contribution >= 4 is 23.0 Å². The number of hydrogen-bond donors (Lipinski definition) is 2. The molecule has 2 N–H and O–H groups in total. The average Bonchev–Trinajstić information content (AvgIpc) is 3.23. The van der Waals surface area contributed by atoms with Gasteiger partial charge in [0.25, 0.3) is 0 Å². The molecule has 4 aromatic rings. The average molecular weight is 410 g/mol. The van der Waals surface area contributed by atoms with E-state index in [-0.39, 0.29) is 11.4 Å². The Morgan fingerprint density at radius 3 is 2.55 bits per heavy atom. The maximum atomic E-state index is 12.4. The summed E-state index contributed by atoms with van der Waals surface area (Å²) in [5.74, 6) is 1.59. The number of aromatic amines is 1. The van der Waals surface area contributed by atoms with Crippen LogP contribution in [0, 0.1) is 0 Å². The standard InChI is InChI=1S/C24H22N6O/c31-20-14-17-8-4-5-9-18(17)24(29-20)10-12-30(13-11-24)23-26-19-15-25-21(27-22(19)28-23)16-6-2-1-3-7-16/h1-9,15H,10-14H2,(H,29,31)(H,25,26,27,28). The number of hydrogen-bond acceptors (Lipinski definition) is 5. The first-order chi connectivity index (χ1) is 15.2. The summed E-state index contributed by atoms with van der Waals surface area (Å²) in [4.78, 5) is 31.8. The summed E-state index contributed by atoms with van der Waals surface area (Å²) in [6, 6.07) is 18.2. The van der Waals surface area contributed by atoms with Gasteiger partial charge in [0.1, 0.15) is 5.52 Å². The lowest BCUT2D eigenvalue weighted by molar-refractivity contribution is -0.123. The van der Waals surface area contributed by atoms with Gasteiger partial charge in [-0.2, -0.15) is 4.98 Å². The van der Waals surface area contributed by atoms with Gasteiger partial charge in [-0.15, -0.1) is 0 Å². The SMILES string of the molecule is O=C1Cc2ccccc2C2(CCN(c3nc4nc(-c5ccccc5)ncc4[nH]3)CC2)N1. The lowest BCUT2D eigenvalue weighted by Gasteiger charge is -2.45. The summed E-state index contributed by atoms with van der Waals surface area (Å²) in [5.41, 5.74) is 4.59. The molecule has 2 aromatic heterocycles. The summed E-state index contributed by atoms with van der Waals surface area (Å²) in [6.07, 6.45) is 3.94. The Labute approximate surface area is 179 Å².